The summed E-state index contributed by atoms with van der Waals surface area (Å²) in [5, 5.41) is 0. The van der Waals surface area contributed by atoms with Crippen molar-refractivity contribution in [1.82, 2.24) is 0 Å². The first-order chi connectivity index (χ1) is 35.0. The van der Waals surface area contributed by atoms with Crippen LogP contribution in [0.4, 0.5) is 51.2 Å². The molecule has 9 rings (SSSR count). The van der Waals surface area contributed by atoms with Crippen LogP contribution in [0.5, 0.6) is 0 Å². The summed E-state index contributed by atoms with van der Waals surface area (Å²) in [7, 11) is 0. The summed E-state index contributed by atoms with van der Waals surface area (Å²) in [5.41, 5.74) is -5.29. The molecule has 0 amide bonds. The predicted octanol–water partition coefficient (Wildman–Crippen LogP) is 9.65. The fraction of sp³-hybridized carbons (Fsp3) is 0.0870. The SMILES string of the molecule is [2H]c1c([2H])c([2H])c(N(c2cc3c4c(c2)N(c2c([2H])c([2H])c([AtH]C)c([2H])c2[2H])c2c([2H])c([2H])c(C)c([2H])c2B4c2c([2H])c(C)c([2H])c([2H])c2N3c2c([2H])c([2H])c(C)c([2H])c2[2H])c2c([2H])c([2H])c([2H])c([2H])c2[2H])c([2H])c1[2H]. The number of fused-ring (bicyclic) bond motifs is 4. The molecule has 0 bridgehead atoms. The molecule has 51 heavy (non-hydrogen) atoms. The van der Waals surface area contributed by atoms with E-state index in [2.05, 4.69) is 0 Å². The zero-order chi connectivity index (χ0) is 55.5. The normalized spacial score (nSPS) is 19.3. The third kappa shape index (κ3) is 5.47. The van der Waals surface area contributed by atoms with Crippen LogP contribution in [-0.2, 0) is 0 Å². The summed E-state index contributed by atoms with van der Waals surface area (Å²) in [4.78, 5) is 2.89. The topological polar surface area (TPSA) is 9.72 Å². The molecular weight excluding hydrogens is 815 g/mol. The Kier molecular flexibility index (Phi) is 3.85. The molecule has 0 N–H and O–H groups in total. The summed E-state index contributed by atoms with van der Waals surface area (Å²) in [6, 6.07) is -14.8. The van der Waals surface area contributed by atoms with Crippen LogP contribution in [0.25, 0.3) is 0 Å². The van der Waals surface area contributed by atoms with Gasteiger partial charge < -0.3 is 0 Å². The van der Waals surface area contributed by atoms with E-state index in [-0.39, 0.29) is 47.7 Å². The maximum atomic E-state index is 9.80. The first kappa shape index (κ1) is 15.2. The minimum absolute atomic E-state index is 0.0597. The molecule has 3 nitrogen and oxygen atoms in total. The van der Waals surface area contributed by atoms with Gasteiger partial charge in [0.2, 0.25) is 0 Å². The molecule has 2 aliphatic heterocycles. The number of rotatable bonds is 6. The van der Waals surface area contributed by atoms with Crippen LogP contribution in [0.3, 0.4) is 0 Å². The number of anilines is 9. The van der Waals surface area contributed by atoms with Crippen molar-refractivity contribution in [2.24, 2.45) is 0 Å². The van der Waals surface area contributed by atoms with Gasteiger partial charge in [0.25, 0.3) is 0 Å². The van der Waals surface area contributed by atoms with Gasteiger partial charge in [-0.05, 0) is 6.92 Å². The number of benzene rings is 7. The Balaban J connectivity index is 1.65. The van der Waals surface area contributed by atoms with E-state index in [4.69, 9.17) is 11.0 Å². The molecule has 2 aliphatic rings. The van der Waals surface area contributed by atoms with Gasteiger partial charge in [0.05, 0.1) is 12.3 Å². The van der Waals surface area contributed by atoms with Gasteiger partial charge in [0, 0.05) is 0 Å². The van der Waals surface area contributed by atoms with Gasteiger partial charge >= 0.3 is 311 Å². The van der Waals surface area contributed by atoms with E-state index in [1.807, 2.05) is 0 Å². The third-order valence-corrected chi connectivity index (χ3v) is 10.8. The molecule has 0 atom stereocenters. The Hall–Kier alpha value is -5.11. The molecule has 5 heteroatoms. The van der Waals surface area contributed by atoms with Gasteiger partial charge in [-0.25, -0.2) is 0 Å². The van der Waals surface area contributed by atoms with Crippen molar-refractivity contribution in [3.05, 3.63) is 174 Å². The molecule has 7 aromatic carbocycles. The van der Waals surface area contributed by atoms with Crippen molar-refractivity contribution in [1.29, 1.82) is 0 Å². The van der Waals surface area contributed by atoms with Crippen molar-refractivity contribution in [2.45, 2.75) is 25.4 Å². The second-order valence-corrected chi connectivity index (χ2v) is 14.8. The Morgan fingerprint density at radius 1 is 0.510 bits per heavy atom. The summed E-state index contributed by atoms with van der Waals surface area (Å²) in [6.45, 7) is 2.58. The minimum Gasteiger partial charge on any atom is 0.0623 e. The molecule has 7 aromatic rings. The van der Waals surface area contributed by atoms with Crippen LogP contribution >= 0.6 is 0 Å². The van der Waals surface area contributed by atoms with E-state index in [0.29, 0.717) is 0 Å². The monoisotopic (exact) mass is 878 g/mol. The van der Waals surface area contributed by atoms with Crippen LogP contribution in [0, 0.1) is 44.0 Å². The van der Waals surface area contributed by atoms with Gasteiger partial charge in [-0.3, -0.25) is 0 Å². The van der Waals surface area contributed by atoms with Crippen molar-refractivity contribution in [2.75, 3.05) is 14.7 Å². The molecule has 0 saturated carbocycles. The maximum absolute atomic E-state index is 9.80. The van der Waals surface area contributed by atoms with E-state index < -0.39 is 215 Å². The summed E-state index contributed by atoms with van der Waals surface area (Å²) < 4.78 is 223. The average molecular weight is 879 g/mol. The molecule has 0 aromatic heterocycles. The van der Waals surface area contributed by atoms with Crippen LogP contribution < -0.4 is 34.4 Å². The van der Waals surface area contributed by atoms with Crippen LogP contribution in [-0.4, -0.2) is 6.71 Å². The van der Waals surface area contributed by atoms with E-state index in [1.54, 1.807) is 4.63 Å². The molecule has 248 valence electrons. The van der Waals surface area contributed by atoms with Crippen molar-refractivity contribution < 1.29 is 56.1 Å². The third-order valence-electron chi connectivity index (χ3n) is 8.46. The van der Waals surface area contributed by atoms with E-state index in [9.17, 15) is 21.9 Å². The Morgan fingerprint density at radius 2 is 0.961 bits per heavy atom. The molecule has 0 spiro atoms. The van der Waals surface area contributed by atoms with Gasteiger partial charge in [0.15, 0.2) is 0 Å². The fourth-order valence-electron chi connectivity index (χ4n) is 6.41. The van der Waals surface area contributed by atoms with Crippen LogP contribution in [0.1, 0.15) is 49.6 Å². The summed E-state index contributed by atoms with van der Waals surface area (Å²) in [6.07, 6.45) is 0. The first-order valence-corrected chi connectivity index (χ1v) is 20.4. The molecule has 0 unspecified atom stereocenters. The zero-order valence-electron chi connectivity index (χ0n) is 51.5. The summed E-state index contributed by atoms with van der Waals surface area (Å²) >= 11 is -1.74. The Labute approximate surface area is 347 Å². The molecule has 0 saturated heterocycles. The smallest absolute Gasteiger partial charge is 0.0623 e. The number of nitrogens with zero attached hydrogens (tertiary/aromatic N) is 3. The quantitative estimate of drug-likeness (QED) is 0.154. The van der Waals surface area contributed by atoms with Gasteiger partial charge in [-0.1, -0.05) is 17.6 Å². The summed E-state index contributed by atoms with van der Waals surface area (Å²) in [5.74, 6) is 0. The van der Waals surface area contributed by atoms with E-state index >= 15 is 0 Å². The molecular formula is C46H39AtBN3. The average Bonchev–Trinajstić information content (AvgIpc) is 3.39. The Morgan fingerprint density at radius 3 is 1.43 bits per heavy atom. The van der Waals surface area contributed by atoms with Crippen molar-refractivity contribution in [3.63, 3.8) is 0 Å². The predicted molar refractivity (Wildman–Crippen MR) is 216 cm³/mol. The molecule has 0 radical (unpaired) electrons. The minimum atomic E-state index is -1.74. The fourth-order valence-corrected chi connectivity index (χ4v) is 7.60. The van der Waals surface area contributed by atoms with Crippen LogP contribution in [0.15, 0.2) is 157 Å². The molecule has 2 heterocycles. The van der Waals surface area contributed by atoms with Gasteiger partial charge in [-0.15, -0.1) is 0 Å². The van der Waals surface area contributed by atoms with E-state index in [1.165, 1.54) is 32.9 Å². The first-order valence-electron chi connectivity index (χ1n) is 27.6. The van der Waals surface area contributed by atoms with E-state index in [0.717, 1.165) is 14.7 Å². The van der Waals surface area contributed by atoms with Gasteiger partial charge in [0.1, 0.15) is 0 Å². The second-order valence-electron chi connectivity index (χ2n) is 11.7. The zero-order valence-corrected chi connectivity index (χ0v) is 30.7. The Bertz CT molecular complexity index is 3610. The van der Waals surface area contributed by atoms with Gasteiger partial charge in [-0.2, -0.15) is 0 Å². The second kappa shape index (κ2) is 12.9. The number of para-hydroxylation sites is 2. The number of hydrogen-bond donors (Lipinski definition) is 0. The standard InChI is InChI=1S/C46H39AtBN3/c1-31-15-21-37(22-16-31)50-42-25-17-32(2)27-40(42)48-41-28-33(3)18-26-43(41)51(38-23-19-34(47-4)20-24-38)45-30-39(29-44(50)46(45)48)49(35-11-7-5-8-12-35)36-13-9-6-10-14-36/h5-30,47H,1-4H3/i5D,6D,7D,8D,9D,10D,11D,12D,13D,14D,15D,16D,17D,18D,19D,20D,21D,22D,23D,24D,25D,26D,27D,28D. The molecule has 0 aliphatic carbocycles. The molecule has 0 fully saturated rings. The van der Waals surface area contributed by atoms with Crippen molar-refractivity contribution >= 4 is 77.6 Å². The van der Waals surface area contributed by atoms with Crippen molar-refractivity contribution in [3.8, 4) is 0 Å². The van der Waals surface area contributed by atoms with Crippen LogP contribution in [0.2, 0.25) is 4.63 Å². The number of hydrogen-bond acceptors (Lipinski definition) is 3.